The fourth-order valence-corrected chi connectivity index (χ4v) is 2.74. The summed E-state index contributed by atoms with van der Waals surface area (Å²) in [6.45, 7) is 4.00. The van der Waals surface area contributed by atoms with E-state index in [1.807, 2.05) is 13.8 Å². The highest BCUT2D eigenvalue weighted by Crippen LogP contribution is 2.28. The van der Waals surface area contributed by atoms with Gasteiger partial charge in [0.2, 0.25) is 0 Å². The van der Waals surface area contributed by atoms with Gasteiger partial charge >= 0.3 is 0 Å². The minimum atomic E-state index is -0.884. The first-order chi connectivity index (χ1) is 13.0. The minimum Gasteiger partial charge on any atom is -0.358 e. The molecule has 2 aromatic heterocycles. The molecule has 4 nitrogen and oxygen atoms in total. The molecule has 0 aliphatic heterocycles. The Hall–Kier alpha value is -2.50. The molecule has 0 amide bonds. The fourth-order valence-electron chi connectivity index (χ4n) is 2.35. The molecule has 1 N–H and O–H groups in total. The van der Waals surface area contributed by atoms with Crippen LogP contribution in [0.15, 0.2) is 48.9 Å². The van der Waals surface area contributed by atoms with Crippen molar-refractivity contribution < 1.29 is 14.0 Å². The first-order valence-corrected chi connectivity index (χ1v) is 9.01. The third-order valence-electron chi connectivity index (χ3n) is 3.63. The van der Waals surface area contributed by atoms with Crippen LogP contribution in [0.4, 0.5) is 4.39 Å². The molecule has 0 atom stereocenters. The lowest BCUT2D eigenvalue weighted by molar-refractivity contribution is 0.0988. The van der Waals surface area contributed by atoms with Gasteiger partial charge in [0.1, 0.15) is 0 Å². The second-order valence-corrected chi connectivity index (χ2v) is 6.12. The molecule has 0 unspecified atom stereocenters. The maximum absolute atomic E-state index is 14.1. The van der Waals surface area contributed by atoms with Crippen LogP contribution in [0.2, 0.25) is 10.0 Å². The predicted octanol–water partition coefficient (Wildman–Crippen LogP) is 5.54. The van der Waals surface area contributed by atoms with Crippen molar-refractivity contribution in [1.29, 1.82) is 0 Å². The fraction of sp³-hybridized carbons (Fsp3) is 0.150. The van der Waals surface area contributed by atoms with Gasteiger partial charge in [0.25, 0.3) is 0 Å². The van der Waals surface area contributed by atoms with Crippen molar-refractivity contribution in [2.45, 2.75) is 20.3 Å². The average molecular weight is 407 g/mol. The Kier molecular flexibility index (Phi) is 7.28. The topological polar surface area (TPSA) is 62.8 Å². The number of rotatable bonds is 5. The van der Waals surface area contributed by atoms with E-state index < -0.39 is 11.6 Å². The van der Waals surface area contributed by atoms with E-state index in [1.165, 1.54) is 24.4 Å². The summed E-state index contributed by atoms with van der Waals surface area (Å²) in [7, 11) is 0. The molecule has 140 valence electrons. The number of nitrogens with one attached hydrogen (secondary N) is 1. The van der Waals surface area contributed by atoms with Crippen molar-refractivity contribution in [3.05, 3.63) is 87.2 Å². The van der Waals surface area contributed by atoms with Gasteiger partial charge in [-0.25, -0.2) is 4.39 Å². The highest BCUT2D eigenvalue weighted by atomic mass is 35.5. The van der Waals surface area contributed by atoms with Crippen LogP contribution in [0, 0.1) is 5.82 Å². The number of hydrogen-bond acceptors (Lipinski definition) is 3. The molecule has 3 aromatic rings. The first-order valence-electron chi connectivity index (χ1n) is 8.26. The number of carbonyl (C=O) groups is 2. The molecule has 0 fully saturated rings. The Labute approximate surface area is 166 Å². The van der Waals surface area contributed by atoms with Crippen LogP contribution in [0.1, 0.15) is 45.8 Å². The summed E-state index contributed by atoms with van der Waals surface area (Å²) in [6, 6.07) is 7.46. The molecule has 0 saturated carbocycles. The molecular formula is C20H17Cl2FN2O2. The molecule has 0 bridgehead atoms. The summed E-state index contributed by atoms with van der Waals surface area (Å²) < 4.78 is 14.1. The third-order valence-corrected chi connectivity index (χ3v) is 4.24. The zero-order valence-corrected chi connectivity index (χ0v) is 16.2. The van der Waals surface area contributed by atoms with E-state index in [0.717, 1.165) is 5.56 Å². The summed E-state index contributed by atoms with van der Waals surface area (Å²) >= 11 is 11.6. The lowest BCUT2D eigenvalue weighted by Gasteiger charge is -2.05. The highest BCUT2D eigenvalue weighted by Gasteiger charge is 2.22. The van der Waals surface area contributed by atoms with Gasteiger partial charge in [-0.05, 0) is 35.9 Å². The van der Waals surface area contributed by atoms with Gasteiger partial charge in [-0.2, -0.15) is 0 Å². The average Bonchev–Trinajstić information content (AvgIpc) is 3.18. The molecule has 0 spiro atoms. The van der Waals surface area contributed by atoms with Crippen molar-refractivity contribution in [1.82, 2.24) is 9.97 Å². The number of aromatic nitrogens is 2. The van der Waals surface area contributed by atoms with Crippen LogP contribution in [0.3, 0.4) is 0 Å². The number of Topliss-reactive ketones (excluding diaryl/α,β-unsaturated/α-hetero) is 1. The van der Waals surface area contributed by atoms with Crippen molar-refractivity contribution >= 4 is 34.8 Å². The number of hydrogen-bond donors (Lipinski definition) is 1. The second kappa shape index (κ2) is 9.44. The molecule has 27 heavy (non-hydrogen) atoms. The number of pyridine rings is 1. The van der Waals surface area contributed by atoms with Gasteiger partial charge in [-0.1, -0.05) is 37.0 Å². The lowest BCUT2D eigenvalue weighted by atomic mass is 10.0. The quantitative estimate of drug-likeness (QED) is 0.446. The minimum absolute atomic E-state index is 0.0437. The van der Waals surface area contributed by atoms with E-state index in [0.29, 0.717) is 0 Å². The summed E-state index contributed by atoms with van der Waals surface area (Å²) in [5.74, 6) is -1.74. The standard InChI is InChI=1S/C18H11Cl2FN2O2.C2H6/c19-12-1-2-13(20)17(21)16(12)18(25)11-8-14(23-9-11)15(24)7-10-3-5-22-6-4-10;1-2/h1-6,8-9,23H,7H2;1-2H3. The van der Waals surface area contributed by atoms with Crippen LogP contribution < -0.4 is 0 Å². The summed E-state index contributed by atoms with van der Waals surface area (Å²) in [4.78, 5) is 31.4. The highest BCUT2D eigenvalue weighted by molar-refractivity contribution is 6.37. The number of aromatic amines is 1. The van der Waals surface area contributed by atoms with Crippen molar-refractivity contribution in [3.63, 3.8) is 0 Å². The molecule has 7 heteroatoms. The predicted molar refractivity (Wildman–Crippen MR) is 104 cm³/mol. The third kappa shape index (κ3) is 4.81. The normalized spacial score (nSPS) is 10.1. The molecule has 0 radical (unpaired) electrons. The number of ketones is 2. The van der Waals surface area contributed by atoms with Crippen molar-refractivity contribution in [3.8, 4) is 0 Å². The van der Waals surface area contributed by atoms with E-state index in [4.69, 9.17) is 23.2 Å². The Balaban J connectivity index is 0.00000126. The van der Waals surface area contributed by atoms with Gasteiger partial charge in [0, 0.05) is 30.6 Å². The Morgan fingerprint density at radius 2 is 1.70 bits per heavy atom. The van der Waals surface area contributed by atoms with Gasteiger partial charge in [-0.3, -0.25) is 14.6 Å². The van der Waals surface area contributed by atoms with E-state index in [-0.39, 0.29) is 39.1 Å². The van der Waals surface area contributed by atoms with Gasteiger partial charge in [0.05, 0.1) is 21.3 Å². The number of H-pyrrole nitrogens is 1. The zero-order valence-electron chi connectivity index (χ0n) is 14.7. The Bertz CT molecular complexity index is 956. The molecule has 0 saturated heterocycles. The SMILES string of the molecule is CC.O=C(Cc1ccncc1)c1cc(C(=O)c2c(Cl)ccc(Cl)c2F)c[nH]1. The van der Waals surface area contributed by atoms with Crippen LogP contribution in [0.5, 0.6) is 0 Å². The molecule has 3 rings (SSSR count). The van der Waals surface area contributed by atoms with E-state index in [2.05, 4.69) is 9.97 Å². The first kappa shape index (κ1) is 20.8. The largest absolute Gasteiger partial charge is 0.358 e. The monoisotopic (exact) mass is 406 g/mol. The maximum atomic E-state index is 14.1. The number of benzene rings is 1. The van der Waals surface area contributed by atoms with Crippen LogP contribution in [-0.4, -0.2) is 21.5 Å². The van der Waals surface area contributed by atoms with E-state index in [1.54, 1.807) is 24.5 Å². The molecule has 1 aromatic carbocycles. The molecular weight excluding hydrogens is 390 g/mol. The van der Waals surface area contributed by atoms with Crippen molar-refractivity contribution in [2.24, 2.45) is 0 Å². The Morgan fingerprint density at radius 3 is 2.37 bits per heavy atom. The van der Waals surface area contributed by atoms with E-state index >= 15 is 0 Å². The number of halogens is 3. The second-order valence-electron chi connectivity index (χ2n) is 5.30. The number of nitrogens with zero attached hydrogens (tertiary/aromatic N) is 1. The number of carbonyl (C=O) groups excluding carboxylic acids is 2. The lowest BCUT2D eigenvalue weighted by Crippen LogP contribution is -2.06. The summed E-state index contributed by atoms with van der Waals surface area (Å²) in [6.07, 6.45) is 4.69. The van der Waals surface area contributed by atoms with Crippen molar-refractivity contribution in [2.75, 3.05) is 0 Å². The zero-order chi connectivity index (χ0) is 20.0. The maximum Gasteiger partial charge on any atom is 0.199 e. The van der Waals surface area contributed by atoms with Crippen LogP contribution >= 0.6 is 23.2 Å². The van der Waals surface area contributed by atoms with Gasteiger partial charge < -0.3 is 4.98 Å². The summed E-state index contributed by atoms with van der Waals surface area (Å²) in [5.41, 5.74) is 0.854. The van der Waals surface area contributed by atoms with Crippen LogP contribution in [0.25, 0.3) is 0 Å². The van der Waals surface area contributed by atoms with Gasteiger partial charge in [-0.15, -0.1) is 0 Å². The molecule has 0 aliphatic carbocycles. The molecule has 0 aliphatic rings. The summed E-state index contributed by atoms with van der Waals surface area (Å²) in [5, 5.41) is -0.241. The van der Waals surface area contributed by atoms with Gasteiger partial charge in [0.15, 0.2) is 17.4 Å². The smallest absolute Gasteiger partial charge is 0.199 e. The van der Waals surface area contributed by atoms with E-state index in [9.17, 15) is 14.0 Å². The Morgan fingerprint density at radius 1 is 1.07 bits per heavy atom. The molecule has 2 heterocycles. The van der Waals surface area contributed by atoms with Crippen LogP contribution in [-0.2, 0) is 6.42 Å².